The Labute approximate surface area is 193 Å². The third-order valence-corrected chi connectivity index (χ3v) is 4.92. The van der Waals surface area contributed by atoms with Gasteiger partial charge in [-0.05, 0) is 0 Å². The van der Waals surface area contributed by atoms with Crippen LogP contribution in [-0.2, 0) is 32.0 Å². The van der Waals surface area contributed by atoms with Gasteiger partial charge in [0, 0.05) is 42.4 Å². The number of hydrogen-bond acceptors (Lipinski definition) is 9. The number of nitrogens with two attached hydrogens (primary N) is 1. The van der Waals surface area contributed by atoms with E-state index >= 15 is 0 Å². The number of rotatable bonds is 13. The highest BCUT2D eigenvalue weighted by atomic mass is 32.1. The Morgan fingerprint density at radius 3 is 1.73 bits per heavy atom. The minimum atomic E-state index is -1.28. The molecule has 0 saturated heterocycles. The summed E-state index contributed by atoms with van der Waals surface area (Å²) in [5.41, 5.74) is 6.55. The SMILES string of the molecule is NC(CO)C(=O)NC(Cc1cnc[nH]1)C(=O)NC(Cc1cnc[nH]1)C(=O)NC(CS)C(=O)O. The van der Waals surface area contributed by atoms with E-state index in [9.17, 15) is 24.3 Å². The average molecular weight is 483 g/mol. The standard InChI is InChI=1S/C18H26N8O6S/c19-11(5-27)15(28)24-12(1-9-3-20-7-22-9)16(29)25-13(2-10-4-21-8-23-10)17(30)26-14(6-33)18(31)32/h3-4,7-8,11-14,27,33H,1-2,5-6,19H2,(H,20,22)(H,21,23)(H,24,28)(H,25,29)(H,26,30)(H,31,32). The van der Waals surface area contributed by atoms with Crippen molar-refractivity contribution in [2.45, 2.75) is 37.0 Å². The molecule has 0 fully saturated rings. The fourth-order valence-electron chi connectivity index (χ4n) is 2.74. The number of aliphatic hydroxyl groups is 1. The average Bonchev–Trinajstić information content (AvgIpc) is 3.49. The molecule has 0 aliphatic carbocycles. The summed E-state index contributed by atoms with van der Waals surface area (Å²) in [6.45, 7) is -0.630. The number of carboxylic acid groups (broad SMARTS) is 1. The molecule has 2 aromatic heterocycles. The maximum atomic E-state index is 13.0. The van der Waals surface area contributed by atoms with E-state index in [0.29, 0.717) is 11.4 Å². The molecule has 0 bridgehead atoms. The lowest BCUT2D eigenvalue weighted by molar-refractivity contribution is -0.141. The van der Waals surface area contributed by atoms with Crippen LogP contribution in [0.15, 0.2) is 25.0 Å². The van der Waals surface area contributed by atoms with Crippen LogP contribution in [0.1, 0.15) is 11.4 Å². The third kappa shape index (κ3) is 7.89. The van der Waals surface area contributed by atoms with Gasteiger partial charge in [0.05, 0.1) is 19.3 Å². The van der Waals surface area contributed by atoms with Crippen molar-refractivity contribution in [2.75, 3.05) is 12.4 Å². The zero-order valence-electron chi connectivity index (χ0n) is 17.4. The Morgan fingerprint density at radius 1 is 0.909 bits per heavy atom. The zero-order chi connectivity index (χ0) is 24.4. The molecule has 0 spiro atoms. The van der Waals surface area contributed by atoms with E-state index in [4.69, 9.17) is 10.8 Å². The highest BCUT2D eigenvalue weighted by molar-refractivity contribution is 7.80. The van der Waals surface area contributed by atoms with Gasteiger partial charge >= 0.3 is 5.97 Å². The van der Waals surface area contributed by atoms with Gasteiger partial charge in [0.2, 0.25) is 17.7 Å². The number of aliphatic hydroxyl groups excluding tert-OH is 1. The van der Waals surface area contributed by atoms with Gasteiger partial charge < -0.3 is 41.9 Å². The summed E-state index contributed by atoms with van der Waals surface area (Å²) in [6, 6.07) is -4.90. The molecule has 2 heterocycles. The molecule has 180 valence electrons. The second-order valence-corrected chi connectivity index (χ2v) is 7.42. The number of imidazole rings is 2. The summed E-state index contributed by atoms with van der Waals surface area (Å²) in [4.78, 5) is 62.6. The number of aromatic nitrogens is 4. The maximum Gasteiger partial charge on any atom is 0.327 e. The molecule has 2 aromatic rings. The predicted octanol–water partition coefficient (Wildman–Crippen LogP) is -3.29. The molecule has 0 aromatic carbocycles. The number of thiol groups is 1. The minimum Gasteiger partial charge on any atom is -0.480 e. The van der Waals surface area contributed by atoms with Crippen molar-refractivity contribution in [1.29, 1.82) is 0 Å². The highest BCUT2D eigenvalue weighted by Gasteiger charge is 2.30. The Balaban J connectivity index is 2.21. The van der Waals surface area contributed by atoms with Crippen LogP contribution in [0, 0.1) is 0 Å². The number of carbonyl (C=O) groups excluding carboxylic acids is 3. The van der Waals surface area contributed by atoms with Crippen LogP contribution in [0.3, 0.4) is 0 Å². The number of hydrogen-bond donors (Lipinski definition) is 9. The van der Waals surface area contributed by atoms with Crippen molar-refractivity contribution in [3.8, 4) is 0 Å². The number of aliphatic carboxylic acids is 1. The third-order valence-electron chi connectivity index (χ3n) is 4.55. The van der Waals surface area contributed by atoms with Crippen molar-refractivity contribution in [3.05, 3.63) is 36.4 Å². The number of amides is 3. The maximum absolute atomic E-state index is 13.0. The molecule has 9 N–H and O–H groups in total. The van der Waals surface area contributed by atoms with Crippen LogP contribution in [0.2, 0.25) is 0 Å². The summed E-state index contributed by atoms with van der Waals surface area (Å²) in [5.74, 6) is -3.72. The topological polar surface area (TPSA) is 228 Å². The number of carboxylic acids is 1. The predicted molar refractivity (Wildman–Crippen MR) is 117 cm³/mol. The summed E-state index contributed by atoms with van der Waals surface area (Å²) in [7, 11) is 0. The first kappa shape index (κ1) is 25.8. The van der Waals surface area contributed by atoms with Crippen molar-refractivity contribution in [1.82, 2.24) is 35.9 Å². The quantitative estimate of drug-likeness (QED) is 0.130. The number of nitrogens with one attached hydrogen (secondary N) is 5. The molecule has 15 heteroatoms. The van der Waals surface area contributed by atoms with Crippen molar-refractivity contribution < 1.29 is 29.4 Å². The Bertz CT molecular complexity index is 923. The number of H-pyrrole nitrogens is 2. The van der Waals surface area contributed by atoms with Crippen molar-refractivity contribution in [3.63, 3.8) is 0 Å². The fourth-order valence-corrected chi connectivity index (χ4v) is 2.99. The van der Waals surface area contributed by atoms with E-state index in [0.717, 1.165) is 0 Å². The van der Waals surface area contributed by atoms with E-state index in [-0.39, 0.29) is 18.6 Å². The molecule has 0 radical (unpaired) electrons. The number of carbonyl (C=O) groups is 4. The first-order valence-corrected chi connectivity index (χ1v) is 10.4. The van der Waals surface area contributed by atoms with Gasteiger partial charge in [-0.1, -0.05) is 0 Å². The smallest absolute Gasteiger partial charge is 0.327 e. The molecule has 3 amide bonds. The highest BCUT2D eigenvalue weighted by Crippen LogP contribution is 2.04. The lowest BCUT2D eigenvalue weighted by Crippen LogP contribution is -2.58. The molecule has 2 rings (SSSR count). The normalized spacial score (nSPS) is 14.5. The second-order valence-electron chi connectivity index (χ2n) is 7.06. The van der Waals surface area contributed by atoms with E-state index in [1.165, 1.54) is 25.0 Å². The lowest BCUT2D eigenvalue weighted by atomic mass is 10.1. The fraction of sp³-hybridized carbons (Fsp3) is 0.444. The van der Waals surface area contributed by atoms with Gasteiger partial charge in [0.15, 0.2) is 0 Å². The zero-order valence-corrected chi connectivity index (χ0v) is 18.3. The van der Waals surface area contributed by atoms with Crippen LogP contribution in [0.25, 0.3) is 0 Å². The van der Waals surface area contributed by atoms with Crippen LogP contribution >= 0.6 is 12.6 Å². The summed E-state index contributed by atoms with van der Waals surface area (Å²) < 4.78 is 0. The van der Waals surface area contributed by atoms with Crippen LogP contribution in [-0.4, -0.2) is 90.4 Å². The second kappa shape index (κ2) is 12.6. The molecular weight excluding hydrogens is 456 g/mol. The Morgan fingerprint density at radius 2 is 1.36 bits per heavy atom. The number of nitrogens with zero attached hydrogens (tertiary/aromatic N) is 2. The van der Waals surface area contributed by atoms with Gasteiger partial charge in [0.1, 0.15) is 24.2 Å². The molecule has 4 unspecified atom stereocenters. The molecular formula is C18H26N8O6S. The number of aromatic amines is 2. The lowest BCUT2D eigenvalue weighted by Gasteiger charge is -2.24. The van der Waals surface area contributed by atoms with Gasteiger partial charge in [-0.2, -0.15) is 12.6 Å². The molecule has 0 aliphatic rings. The monoisotopic (exact) mass is 482 g/mol. The van der Waals surface area contributed by atoms with Gasteiger partial charge in [0.25, 0.3) is 0 Å². The molecule has 14 nitrogen and oxygen atoms in total. The van der Waals surface area contributed by atoms with Gasteiger partial charge in [-0.15, -0.1) is 0 Å². The van der Waals surface area contributed by atoms with Crippen LogP contribution in [0.5, 0.6) is 0 Å². The van der Waals surface area contributed by atoms with E-state index in [1.54, 1.807) is 0 Å². The van der Waals surface area contributed by atoms with E-state index < -0.39 is 54.5 Å². The first-order chi connectivity index (χ1) is 15.7. The van der Waals surface area contributed by atoms with Gasteiger partial charge in [-0.25, -0.2) is 14.8 Å². The van der Waals surface area contributed by atoms with Crippen molar-refractivity contribution >= 4 is 36.3 Å². The summed E-state index contributed by atoms with van der Waals surface area (Å²) in [6.07, 6.45) is 5.64. The van der Waals surface area contributed by atoms with Crippen LogP contribution < -0.4 is 21.7 Å². The van der Waals surface area contributed by atoms with Crippen LogP contribution in [0.4, 0.5) is 0 Å². The molecule has 0 aliphatic heterocycles. The molecule has 33 heavy (non-hydrogen) atoms. The van der Waals surface area contributed by atoms with Crippen molar-refractivity contribution in [2.24, 2.45) is 5.73 Å². The van der Waals surface area contributed by atoms with Gasteiger partial charge in [-0.3, -0.25) is 14.4 Å². The molecule has 0 saturated carbocycles. The summed E-state index contributed by atoms with van der Waals surface area (Å²) in [5, 5.41) is 25.6. The largest absolute Gasteiger partial charge is 0.480 e. The molecule has 4 atom stereocenters. The Kier molecular flexibility index (Phi) is 9.84. The Hall–Kier alpha value is -3.43. The van der Waals surface area contributed by atoms with E-state index in [2.05, 4.69) is 48.5 Å². The van der Waals surface area contributed by atoms with E-state index in [1.807, 2.05) is 0 Å². The minimum absolute atomic E-state index is 0.0114. The summed E-state index contributed by atoms with van der Waals surface area (Å²) >= 11 is 3.92. The first-order valence-electron chi connectivity index (χ1n) is 9.80.